The summed E-state index contributed by atoms with van der Waals surface area (Å²) in [6, 6.07) is 0. The molecule has 0 bridgehead atoms. The lowest BCUT2D eigenvalue weighted by atomic mass is 10.4. The van der Waals surface area contributed by atoms with E-state index in [2.05, 4.69) is 4.74 Å². The van der Waals surface area contributed by atoms with Crippen LogP contribution in [0.5, 0.6) is 0 Å². The van der Waals surface area contributed by atoms with Crippen LogP contribution in [-0.2, 0) is 19.1 Å². The summed E-state index contributed by atoms with van der Waals surface area (Å²) in [4.78, 5) is 21.3. The van der Waals surface area contributed by atoms with Gasteiger partial charge in [-0.15, -0.1) is 0 Å². The minimum Gasteiger partial charge on any atom is -0.460 e. The second kappa shape index (κ2) is 5.85. The van der Waals surface area contributed by atoms with Gasteiger partial charge in [0.1, 0.15) is 6.61 Å². The molecule has 0 aromatic heterocycles. The monoisotopic (exact) mass is 160 g/mol. The van der Waals surface area contributed by atoms with Gasteiger partial charge in [0.25, 0.3) is 5.78 Å². The van der Waals surface area contributed by atoms with E-state index in [-0.39, 0.29) is 13.2 Å². The van der Waals surface area contributed by atoms with Crippen molar-refractivity contribution in [2.45, 2.75) is 13.8 Å². The van der Waals surface area contributed by atoms with Crippen molar-refractivity contribution in [3.63, 3.8) is 0 Å². The molecule has 0 saturated heterocycles. The zero-order valence-electron chi connectivity index (χ0n) is 6.75. The van der Waals surface area contributed by atoms with Crippen LogP contribution < -0.4 is 0 Å². The van der Waals surface area contributed by atoms with E-state index in [1.807, 2.05) is 0 Å². The highest BCUT2D eigenvalue weighted by Gasteiger charge is 2.13. The standard InChI is InChI=1S/C7H12O4/c1-3-10-5-6(8)7(9)11-4-2/h3-5H2,1-2H3. The molecule has 4 nitrogen and oxygen atoms in total. The van der Waals surface area contributed by atoms with Gasteiger partial charge in [-0.2, -0.15) is 0 Å². The molecule has 0 atom stereocenters. The van der Waals surface area contributed by atoms with Crippen molar-refractivity contribution < 1.29 is 19.1 Å². The zero-order chi connectivity index (χ0) is 8.69. The summed E-state index contributed by atoms with van der Waals surface area (Å²) in [6.45, 7) is 3.85. The molecule has 0 aliphatic heterocycles. The number of ether oxygens (including phenoxy) is 2. The Balaban J connectivity index is 3.56. The molecule has 0 amide bonds. The van der Waals surface area contributed by atoms with E-state index in [9.17, 15) is 9.59 Å². The molecule has 0 rings (SSSR count). The van der Waals surface area contributed by atoms with Crippen molar-refractivity contribution in [2.24, 2.45) is 0 Å². The maximum Gasteiger partial charge on any atom is 0.377 e. The number of Topliss-reactive ketones (excluding diaryl/α,β-unsaturated/α-hetero) is 1. The van der Waals surface area contributed by atoms with Gasteiger partial charge in [0, 0.05) is 6.61 Å². The predicted molar refractivity (Wildman–Crippen MR) is 38.1 cm³/mol. The van der Waals surface area contributed by atoms with Crippen LogP contribution in [-0.4, -0.2) is 31.6 Å². The smallest absolute Gasteiger partial charge is 0.377 e. The van der Waals surface area contributed by atoms with E-state index in [0.717, 1.165) is 0 Å². The lowest BCUT2D eigenvalue weighted by Gasteiger charge is -1.99. The number of carbonyl (C=O) groups is 2. The SMILES string of the molecule is CCOCC(=O)C(=O)OCC. The molecule has 0 heterocycles. The molecule has 0 radical (unpaired) electrons. The van der Waals surface area contributed by atoms with Gasteiger partial charge in [-0.3, -0.25) is 4.79 Å². The van der Waals surface area contributed by atoms with E-state index in [1.165, 1.54) is 0 Å². The van der Waals surface area contributed by atoms with Gasteiger partial charge in [-0.25, -0.2) is 4.79 Å². The van der Waals surface area contributed by atoms with Crippen molar-refractivity contribution in [3.05, 3.63) is 0 Å². The number of ketones is 1. The molecule has 0 aromatic carbocycles. The molecular formula is C7H12O4. The average molecular weight is 160 g/mol. The fourth-order valence-electron chi connectivity index (χ4n) is 0.465. The van der Waals surface area contributed by atoms with Crippen LogP contribution >= 0.6 is 0 Å². The van der Waals surface area contributed by atoms with Gasteiger partial charge in [0.2, 0.25) is 0 Å². The van der Waals surface area contributed by atoms with E-state index in [0.29, 0.717) is 6.61 Å². The van der Waals surface area contributed by atoms with Crippen LogP contribution in [0.3, 0.4) is 0 Å². The Morgan fingerprint density at radius 2 is 1.82 bits per heavy atom. The quantitative estimate of drug-likeness (QED) is 0.424. The topological polar surface area (TPSA) is 52.6 Å². The Morgan fingerprint density at radius 3 is 2.27 bits per heavy atom. The van der Waals surface area contributed by atoms with Gasteiger partial charge >= 0.3 is 5.97 Å². The fourth-order valence-corrected chi connectivity index (χ4v) is 0.465. The summed E-state index contributed by atoms with van der Waals surface area (Å²) < 4.78 is 9.14. The lowest BCUT2D eigenvalue weighted by Crippen LogP contribution is -2.22. The summed E-state index contributed by atoms with van der Waals surface area (Å²) in [6.07, 6.45) is 0. The van der Waals surface area contributed by atoms with E-state index in [4.69, 9.17) is 4.74 Å². The predicted octanol–water partition coefficient (Wildman–Crippen LogP) is 0.155. The molecule has 11 heavy (non-hydrogen) atoms. The summed E-state index contributed by atoms with van der Waals surface area (Å²) in [5, 5.41) is 0. The first-order valence-corrected chi connectivity index (χ1v) is 3.50. The highest BCUT2D eigenvalue weighted by molar-refractivity contribution is 6.34. The third-order valence-corrected chi connectivity index (χ3v) is 0.940. The molecular weight excluding hydrogens is 148 g/mol. The van der Waals surface area contributed by atoms with Gasteiger partial charge in [0.05, 0.1) is 6.61 Å². The molecule has 0 aromatic rings. The first kappa shape index (κ1) is 10.1. The van der Waals surface area contributed by atoms with E-state index < -0.39 is 11.8 Å². The number of hydrogen-bond donors (Lipinski definition) is 0. The second-order valence-corrected chi connectivity index (χ2v) is 1.78. The Morgan fingerprint density at radius 1 is 1.18 bits per heavy atom. The van der Waals surface area contributed by atoms with Gasteiger partial charge < -0.3 is 9.47 Å². The van der Waals surface area contributed by atoms with Crippen LogP contribution in [0.15, 0.2) is 0 Å². The lowest BCUT2D eigenvalue weighted by molar-refractivity contribution is -0.155. The first-order valence-electron chi connectivity index (χ1n) is 3.50. The molecule has 0 saturated carbocycles. The summed E-state index contributed by atoms with van der Waals surface area (Å²) in [5.41, 5.74) is 0. The highest BCUT2D eigenvalue weighted by Crippen LogP contribution is 1.83. The third kappa shape index (κ3) is 4.50. The van der Waals surface area contributed by atoms with Crippen LogP contribution in [0.1, 0.15) is 13.8 Å². The molecule has 0 N–H and O–H groups in total. The van der Waals surface area contributed by atoms with Crippen LogP contribution in [0.2, 0.25) is 0 Å². The highest BCUT2D eigenvalue weighted by atomic mass is 16.5. The largest absolute Gasteiger partial charge is 0.460 e. The van der Waals surface area contributed by atoms with Gasteiger partial charge in [-0.1, -0.05) is 0 Å². The molecule has 0 aliphatic rings. The minimum absolute atomic E-state index is 0.185. The Kier molecular flexibility index (Phi) is 5.37. The molecule has 0 aliphatic carbocycles. The number of esters is 1. The average Bonchev–Trinajstić information content (AvgIpc) is 2.00. The van der Waals surface area contributed by atoms with Gasteiger partial charge in [0.15, 0.2) is 0 Å². The van der Waals surface area contributed by atoms with E-state index >= 15 is 0 Å². The van der Waals surface area contributed by atoms with Crippen molar-refractivity contribution >= 4 is 11.8 Å². The molecule has 0 unspecified atom stereocenters. The minimum atomic E-state index is -0.819. The third-order valence-electron chi connectivity index (χ3n) is 0.940. The number of rotatable bonds is 5. The molecule has 0 fully saturated rings. The maximum atomic E-state index is 10.7. The molecule has 64 valence electrons. The first-order chi connectivity index (χ1) is 5.22. The van der Waals surface area contributed by atoms with Crippen LogP contribution in [0, 0.1) is 0 Å². The Hall–Kier alpha value is -0.900. The van der Waals surface area contributed by atoms with Crippen molar-refractivity contribution in [1.82, 2.24) is 0 Å². The molecule has 4 heteroatoms. The summed E-state index contributed by atoms with van der Waals surface area (Å²) in [7, 11) is 0. The molecule has 0 spiro atoms. The van der Waals surface area contributed by atoms with Crippen LogP contribution in [0.4, 0.5) is 0 Å². The summed E-state index contributed by atoms with van der Waals surface area (Å²) in [5.74, 6) is -1.45. The van der Waals surface area contributed by atoms with Gasteiger partial charge in [-0.05, 0) is 13.8 Å². The Bertz CT molecular complexity index is 141. The Labute approximate surface area is 65.5 Å². The number of hydrogen-bond acceptors (Lipinski definition) is 4. The van der Waals surface area contributed by atoms with Crippen molar-refractivity contribution in [1.29, 1.82) is 0 Å². The zero-order valence-corrected chi connectivity index (χ0v) is 6.75. The summed E-state index contributed by atoms with van der Waals surface area (Å²) >= 11 is 0. The number of carbonyl (C=O) groups excluding carboxylic acids is 2. The second-order valence-electron chi connectivity index (χ2n) is 1.78. The van der Waals surface area contributed by atoms with Crippen molar-refractivity contribution in [2.75, 3.05) is 19.8 Å². The maximum absolute atomic E-state index is 10.7. The van der Waals surface area contributed by atoms with Crippen LogP contribution in [0.25, 0.3) is 0 Å². The fraction of sp³-hybridized carbons (Fsp3) is 0.714. The normalized spacial score (nSPS) is 9.27. The van der Waals surface area contributed by atoms with Crippen molar-refractivity contribution in [3.8, 4) is 0 Å². The van der Waals surface area contributed by atoms with E-state index in [1.54, 1.807) is 13.8 Å².